The second kappa shape index (κ2) is 3.60. The van der Waals surface area contributed by atoms with E-state index >= 15 is 0 Å². The van der Waals surface area contributed by atoms with Gasteiger partial charge in [0.2, 0.25) is 0 Å². The lowest BCUT2D eigenvalue weighted by molar-refractivity contribution is 0.409. The minimum Gasteiger partial charge on any atom is -0.465 e. The van der Waals surface area contributed by atoms with E-state index in [9.17, 15) is 0 Å². The highest BCUT2D eigenvalue weighted by Gasteiger charge is 2.18. The Balaban J connectivity index is 3.05. The molecule has 1 rings (SSSR count). The minimum absolute atomic E-state index is 0.168. The fourth-order valence-corrected chi connectivity index (χ4v) is 1.04. The summed E-state index contributed by atoms with van der Waals surface area (Å²) >= 11 is 0. The summed E-state index contributed by atoms with van der Waals surface area (Å²) in [5.41, 5.74) is 1.11. The van der Waals surface area contributed by atoms with Crippen molar-refractivity contribution < 1.29 is 14.5 Å². The predicted molar refractivity (Wildman–Crippen MR) is 48.0 cm³/mol. The molecule has 0 unspecified atom stereocenters. The van der Waals surface area contributed by atoms with Gasteiger partial charge in [-0.15, -0.1) is 0 Å². The van der Waals surface area contributed by atoms with Crippen molar-refractivity contribution >= 4 is 18.9 Å². The highest BCUT2D eigenvalue weighted by molar-refractivity contribution is 6.57. The molecule has 2 N–H and O–H groups in total. The standard InChI is InChI=1S/C8H11BO3/c1-3-6-5-8(9(10)11)12-7(6)4-2/h4-5,10-11H,2-3H2,1H3. The van der Waals surface area contributed by atoms with Gasteiger partial charge < -0.3 is 14.5 Å². The first-order valence-corrected chi connectivity index (χ1v) is 3.80. The average molecular weight is 166 g/mol. The molecule has 1 heterocycles. The van der Waals surface area contributed by atoms with Crippen LogP contribution in [-0.4, -0.2) is 17.2 Å². The largest absolute Gasteiger partial charge is 0.526 e. The summed E-state index contributed by atoms with van der Waals surface area (Å²) in [6.45, 7) is 5.52. The van der Waals surface area contributed by atoms with Crippen LogP contribution in [0, 0.1) is 0 Å². The summed E-state index contributed by atoms with van der Waals surface area (Å²) < 4.78 is 5.10. The molecule has 1 aromatic heterocycles. The quantitative estimate of drug-likeness (QED) is 0.629. The van der Waals surface area contributed by atoms with Gasteiger partial charge >= 0.3 is 7.12 Å². The molecule has 3 nitrogen and oxygen atoms in total. The van der Waals surface area contributed by atoms with Gasteiger partial charge in [0.05, 0.1) is 0 Å². The maximum absolute atomic E-state index is 8.78. The van der Waals surface area contributed by atoms with Crippen molar-refractivity contribution in [1.29, 1.82) is 0 Å². The number of hydrogen-bond acceptors (Lipinski definition) is 3. The van der Waals surface area contributed by atoms with Crippen LogP contribution in [0.5, 0.6) is 0 Å². The Morgan fingerprint density at radius 1 is 1.67 bits per heavy atom. The summed E-state index contributed by atoms with van der Waals surface area (Å²) in [7, 11) is -1.54. The lowest BCUT2D eigenvalue weighted by Gasteiger charge is -1.90. The second-order valence-electron chi connectivity index (χ2n) is 2.47. The van der Waals surface area contributed by atoms with Crippen LogP contribution in [0.3, 0.4) is 0 Å². The molecule has 0 amide bonds. The third-order valence-corrected chi connectivity index (χ3v) is 1.68. The van der Waals surface area contributed by atoms with E-state index in [1.807, 2.05) is 6.92 Å². The van der Waals surface area contributed by atoms with E-state index in [4.69, 9.17) is 14.5 Å². The topological polar surface area (TPSA) is 53.6 Å². The molecule has 12 heavy (non-hydrogen) atoms. The van der Waals surface area contributed by atoms with Gasteiger partial charge in [-0.1, -0.05) is 13.5 Å². The number of rotatable bonds is 3. The molecule has 0 aliphatic rings. The van der Waals surface area contributed by atoms with E-state index < -0.39 is 7.12 Å². The Morgan fingerprint density at radius 3 is 2.67 bits per heavy atom. The van der Waals surface area contributed by atoms with E-state index in [1.54, 1.807) is 12.1 Å². The maximum atomic E-state index is 8.78. The Labute approximate surface area is 71.5 Å². The Bertz CT molecular complexity index is 278. The molecule has 64 valence electrons. The van der Waals surface area contributed by atoms with Crippen LogP contribution in [0.2, 0.25) is 0 Å². The Kier molecular flexibility index (Phi) is 2.73. The van der Waals surface area contributed by atoms with Crippen LogP contribution in [0.15, 0.2) is 17.1 Å². The molecule has 0 fully saturated rings. The molecular formula is C8H11BO3. The van der Waals surface area contributed by atoms with Crippen molar-refractivity contribution in [3.8, 4) is 0 Å². The summed E-state index contributed by atoms with van der Waals surface area (Å²) in [6.07, 6.45) is 2.35. The van der Waals surface area contributed by atoms with Gasteiger partial charge in [0, 0.05) is 0 Å². The van der Waals surface area contributed by atoms with Crippen molar-refractivity contribution in [2.45, 2.75) is 13.3 Å². The highest BCUT2D eigenvalue weighted by Crippen LogP contribution is 2.10. The highest BCUT2D eigenvalue weighted by atomic mass is 16.4. The van der Waals surface area contributed by atoms with E-state index in [1.165, 1.54) is 0 Å². The molecule has 0 radical (unpaired) electrons. The van der Waals surface area contributed by atoms with E-state index in [0.29, 0.717) is 5.76 Å². The molecular weight excluding hydrogens is 155 g/mol. The van der Waals surface area contributed by atoms with Gasteiger partial charge in [0.15, 0.2) is 0 Å². The van der Waals surface area contributed by atoms with E-state index in [-0.39, 0.29) is 5.66 Å². The first-order valence-electron chi connectivity index (χ1n) is 3.80. The Morgan fingerprint density at radius 2 is 2.33 bits per heavy atom. The van der Waals surface area contributed by atoms with Crippen LogP contribution >= 0.6 is 0 Å². The lowest BCUT2D eigenvalue weighted by atomic mass is 9.87. The average Bonchev–Trinajstić information content (AvgIpc) is 2.46. The molecule has 0 spiro atoms. The van der Waals surface area contributed by atoms with E-state index in [0.717, 1.165) is 12.0 Å². The molecule has 0 atom stereocenters. The van der Waals surface area contributed by atoms with Crippen LogP contribution in [0.1, 0.15) is 18.2 Å². The first-order chi connectivity index (χ1) is 5.69. The second-order valence-corrected chi connectivity index (χ2v) is 2.47. The summed E-state index contributed by atoms with van der Waals surface area (Å²) in [6, 6.07) is 1.63. The predicted octanol–water partition coefficient (Wildman–Crippen LogP) is 0.165. The van der Waals surface area contributed by atoms with Gasteiger partial charge in [-0.25, -0.2) is 0 Å². The van der Waals surface area contributed by atoms with Crippen molar-refractivity contribution in [2.75, 3.05) is 0 Å². The number of furan rings is 1. The van der Waals surface area contributed by atoms with Crippen LogP contribution in [-0.2, 0) is 6.42 Å². The fraction of sp³-hybridized carbons (Fsp3) is 0.250. The fourth-order valence-electron chi connectivity index (χ4n) is 1.04. The van der Waals surface area contributed by atoms with E-state index in [2.05, 4.69) is 6.58 Å². The van der Waals surface area contributed by atoms with Gasteiger partial charge in [-0.05, 0) is 24.1 Å². The smallest absolute Gasteiger partial charge is 0.465 e. The zero-order valence-electron chi connectivity index (χ0n) is 6.95. The third-order valence-electron chi connectivity index (χ3n) is 1.68. The minimum atomic E-state index is -1.54. The first kappa shape index (κ1) is 9.10. The molecule has 0 aromatic carbocycles. The van der Waals surface area contributed by atoms with Crippen molar-refractivity contribution in [3.05, 3.63) is 24.0 Å². The third kappa shape index (κ3) is 1.60. The molecule has 0 saturated heterocycles. The zero-order valence-corrected chi connectivity index (χ0v) is 6.95. The van der Waals surface area contributed by atoms with Gasteiger partial charge in [0.25, 0.3) is 0 Å². The Hall–Kier alpha value is -0.995. The molecule has 0 saturated carbocycles. The van der Waals surface area contributed by atoms with Crippen LogP contribution in [0.4, 0.5) is 0 Å². The van der Waals surface area contributed by atoms with Gasteiger partial charge in [-0.3, -0.25) is 0 Å². The van der Waals surface area contributed by atoms with Crippen molar-refractivity contribution in [3.63, 3.8) is 0 Å². The SMILES string of the molecule is C=Cc1oc(B(O)O)cc1CC. The number of hydrogen-bond donors (Lipinski definition) is 2. The van der Waals surface area contributed by atoms with Crippen LogP contribution < -0.4 is 5.66 Å². The maximum Gasteiger partial charge on any atom is 0.526 e. The lowest BCUT2D eigenvalue weighted by Crippen LogP contribution is -2.28. The molecule has 1 aromatic rings. The molecule has 4 heteroatoms. The normalized spacial score (nSPS) is 9.92. The molecule has 0 bridgehead atoms. The number of aryl methyl sites for hydroxylation is 1. The van der Waals surface area contributed by atoms with Crippen molar-refractivity contribution in [2.24, 2.45) is 0 Å². The summed E-state index contributed by atoms with van der Waals surface area (Å²) in [5, 5.41) is 17.6. The zero-order chi connectivity index (χ0) is 9.14. The van der Waals surface area contributed by atoms with Gasteiger partial charge in [0.1, 0.15) is 11.4 Å². The monoisotopic (exact) mass is 166 g/mol. The summed E-state index contributed by atoms with van der Waals surface area (Å²) in [5.74, 6) is 0.612. The van der Waals surface area contributed by atoms with Crippen LogP contribution in [0.25, 0.3) is 6.08 Å². The molecule has 0 aliphatic carbocycles. The summed E-state index contributed by atoms with van der Waals surface area (Å²) in [4.78, 5) is 0. The molecule has 0 aliphatic heterocycles. The van der Waals surface area contributed by atoms with Crippen molar-refractivity contribution in [1.82, 2.24) is 0 Å². The van der Waals surface area contributed by atoms with Gasteiger partial charge in [-0.2, -0.15) is 0 Å².